The van der Waals surface area contributed by atoms with Gasteiger partial charge in [-0.1, -0.05) is 26.0 Å². The predicted molar refractivity (Wildman–Crippen MR) is 101 cm³/mol. The van der Waals surface area contributed by atoms with E-state index in [4.69, 9.17) is 4.42 Å². The molecule has 0 fully saturated rings. The molecule has 1 atom stereocenters. The summed E-state index contributed by atoms with van der Waals surface area (Å²) >= 11 is 0. The number of carboxylic acids is 1. The third kappa shape index (κ3) is 5.20. The van der Waals surface area contributed by atoms with Crippen molar-refractivity contribution >= 4 is 23.5 Å². The molecular formula is C20H24N2O5. The number of carboxylic acid groups (broad SMARTS) is 1. The van der Waals surface area contributed by atoms with Crippen LogP contribution in [0, 0.1) is 11.8 Å². The molecule has 2 aromatic rings. The largest absolute Gasteiger partial charge is 0.481 e. The van der Waals surface area contributed by atoms with E-state index in [2.05, 4.69) is 5.32 Å². The van der Waals surface area contributed by atoms with Crippen molar-refractivity contribution in [3.8, 4) is 0 Å². The highest BCUT2D eigenvalue weighted by Gasteiger charge is 2.23. The van der Waals surface area contributed by atoms with Crippen molar-refractivity contribution in [3.05, 3.63) is 54.0 Å². The summed E-state index contributed by atoms with van der Waals surface area (Å²) in [6, 6.07) is 9.81. The molecule has 0 saturated carbocycles. The molecule has 0 bridgehead atoms. The number of anilines is 1. The maximum Gasteiger partial charge on any atom is 0.308 e. The minimum Gasteiger partial charge on any atom is -0.481 e. The molecule has 0 spiro atoms. The standard InChI is InChI=1S/C20H24N2O5/c1-13(2)11-14(20(25)26)12-21-18(23)15-7-4-5-8-16(15)22(3)19(24)17-9-6-10-27-17/h4-10,13-14H,11-12H2,1-3H3,(H,21,23)(H,25,26). The van der Waals surface area contributed by atoms with E-state index in [1.807, 2.05) is 13.8 Å². The van der Waals surface area contributed by atoms with Gasteiger partial charge in [-0.15, -0.1) is 0 Å². The van der Waals surface area contributed by atoms with Gasteiger partial charge in [0.1, 0.15) is 0 Å². The van der Waals surface area contributed by atoms with Crippen molar-refractivity contribution in [2.45, 2.75) is 20.3 Å². The van der Waals surface area contributed by atoms with Gasteiger partial charge < -0.3 is 19.7 Å². The van der Waals surface area contributed by atoms with Crippen LogP contribution in [0.2, 0.25) is 0 Å². The Kier molecular flexibility index (Phi) is 6.76. The Morgan fingerprint density at radius 3 is 2.44 bits per heavy atom. The number of furan rings is 1. The highest BCUT2D eigenvalue weighted by atomic mass is 16.4. The van der Waals surface area contributed by atoms with Crippen LogP contribution >= 0.6 is 0 Å². The monoisotopic (exact) mass is 372 g/mol. The van der Waals surface area contributed by atoms with E-state index in [-0.39, 0.29) is 29.7 Å². The zero-order chi connectivity index (χ0) is 20.0. The van der Waals surface area contributed by atoms with Crippen molar-refractivity contribution in [1.29, 1.82) is 0 Å². The summed E-state index contributed by atoms with van der Waals surface area (Å²) in [7, 11) is 1.55. The molecule has 27 heavy (non-hydrogen) atoms. The first kappa shape index (κ1) is 20.2. The molecule has 1 unspecified atom stereocenters. The zero-order valence-corrected chi connectivity index (χ0v) is 15.6. The highest BCUT2D eigenvalue weighted by Crippen LogP contribution is 2.21. The van der Waals surface area contributed by atoms with E-state index in [0.29, 0.717) is 12.1 Å². The fraction of sp³-hybridized carbons (Fsp3) is 0.350. The number of benzene rings is 1. The van der Waals surface area contributed by atoms with E-state index in [0.717, 1.165) is 0 Å². The topological polar surface area (TPSA) is 99.9 Å². The molecular weight excluding hydrogens is 348 g/mol. The maximum atomic E-state index is 12.6. The first-order valence-corrected chi connectivity index (χ1v) is 8.72. The van der Waals surface area contributed by atoms with Crippen LogP contribution in [0.1, 0.15) is 41.2 Å². The quantitative estimate of drug-likeness (QED) is 0.742. The number of hydrogen-bond donors (Lipinski definition) is 2. The Morgan fingerprint density at radius 1 is 1.15 bits per heavy atom. The molecule has 1 heterocycles. The van der Waals surface area contributed by atoms with E-state index < -0.39 is 17.8 Å². The first-order chi connectivity index (χ1) is 12.8. The SMILES string of the molecule is CC(C)CC(CNC(=O)c1ccccc1N(C)C(=O)c1ccco1)C(=O)O. The molecule has 2 rings (SSSR count). The second kappa shape index (κ2) is 9.02. The summed E-state index contributed by atoms with van der Waals surface area (Å²) in [5, 5.41) is 12.0. The summed E-state index contributed by atoms with van der Waals surface area (Å²) in [6.07, 6.45) is 1.87. The van der Waals surface area contributed by atoms with Crippen LogP contribution in [-0.4, -0.2) is 36.5 Å². The predicted octanol–water partition coefficient (Wildman–Crippen LogP) is 3.03. The van der Waals surface area contributed by atoms with E-state index >= 15 is 0 Å². The van der Waals surface area contributed by atoms with Gasteiger partial charge in [0.15, 0.2) is 5.76 Å². The first-order valence-electron chi connectivity index (χ1n) is 8.72. The van der Waals surface area contributed by atoms with E-state index in [9.17, 15) is 19.5 Å². The van der Waals surface area contributed by atoms with Gasteiger partial charge in [-0.05, 0) is 36.6 Å². The van der Waals surface area contributed by atoms with Crippen molar-refractivity contribution in [2.24, 2.45) is 11.8 Å². The summed E-state index contributed by atoms with van der Waals surface area (Å²) < 4.78 is 5.12. The Bertz CT molecular complexity index is 798. The average molecular weight is 372 g/mol. The minimum absolute atomic E-state index is 0.0243. The third-order valence-electron chi connectivity index (χ3n) is 4.16. The Labute approximate surface area is 158 Å². The van der Waals surface area contributed by atoms with Crippen molar-refractivity contribution in [1.82, 2.24) is 5.32 Å². The van der Waals surface area contributed by atoms with Gasteiger partial charge in [0.25, 0.3) is 11.8 Å². The minimum atomic E-state index is -0.942. The summed E-state index contributed by atoms with van der Waals surface area (Å²) in [4.78, 5) is 37.8. The average Bonchev–Trinajstić information content (AvgIpc) is 3.17. The van der Waals surface area contributed by atoms with Crippen LogP contribution in [0.15, 0.2) is 47.1 Å². The van der Waals surface area contributed by atoms with Crippen LogP contribution in [-0.2, 0) is 4.79 Å². The molecule has 1 aromatic heterocycles. The molecule has 0 aliphatic rings. The molecule has 7 heteroatoms. The number of carbonyl (C=O) groups excluding carboxylic acids is 2. The van der Waals surface area contributed by atoms with Crippen molar-refractivity contribution in [2.75, 3.05) is 18.5 Å². The summed E-state index contributed by atoms with van der Waals surface area (Å²) in [5.41, 5.74) is 0.695. The van der Waals surface area contributed by atoms with Crippen LogP contribution < -0.4 is 10.2 Å². The van der Waals surface area contributed by atoms with Gasteiger partial charge in [-0.25, -0.2) is 0 Å². The number of aliphatic carboxylic acids is 1. The number of carbonyl (C=O) groups is 3. The number of amides is 2. The summed E-state index contributed by atoms with van der Waals surface area (Å²) in [5.74, 6) is -2.06. The van der Waals surface area contributed by atoms with E-state index in [1.54, 1.807) is 43.4 Å². The summed E-state index contributed by atoms with van der Waals surface area (Å²) in [6.45, 7) is 3.89. The Hall–Kier alpha value is -3.09. The van der Waals surface area contributed by atoms with Gasteiger partial charge in [0.05, 0.1) is 23.4 Å². The zero-order valence-electron chi connectivity index (χ0n) is 15.6. The highest BCUT2D eigenvalue weighted by molar-refractivity contribution is 6.09. The normalized spacial score (nSPS) is 11.9. The lowest BCUT2D eigenvalue weighted by molar-refractivity contribution is -0.142. The molecule has 0 aliphatic heterocycles. The van der Waals surface area contributed by atoms with Gasteiger partial charge in [0, 0.05) is 13.6 Å². The number of nitrogens with one attached hydrogen (secondary N) is 1. The Morgan fingerprint density at radius 2 is 1.85 bits per heavy atom. The third-order valence-corrected chi connectivity index (χ3v) is 4.16. The smallest absolute Gasteiger partial charge is 0.308 e. The van der Waals surface area contributed by atoms with Gasteiger partial charge in [-0.2, -0.15) is 0 Å². The molecule has 1 aromatic carbocycles. The number of rotatable bonds is 8. The van der Waals surface area contributed by atoms with Crippen LogP contribution in [0.4, 0.5) is 5.69 Å². The lowest BCUT2D eigenvalue weighted by Gasteiger charge is -2.20. The number of nitrogens with zero attached hydrogens (tertiary/aromatic N) is 1. The molecule has 0 saturated heterocycles. The van der Waals surface area contributed by atoms with Gasteiger partial charge >= 0.3 is 5.97 Å². The second-order valence-electron chi connectivity index (χ2n) is 6.73. The lowest BCUT2D eigenvalue weighted by Crippen LogP contribution is -2.35. The van der Waals surface area contributed by atoms with Gasteiger partial charge in [0.2, 0.25) is 0 Å². The van der Waals surface area contributed by atoms with E-state index in [1.165, 1.54) is 11.2 Å². The maximum absolute atomic E-state index is 12.6. The van der Waals surface area contributed by atoms with Crippen LogP contribution in [0.5, 0.6) is 0 Å². The number of para-hydroxylation sites is 1. The van der Waals surface area contributed by atoms with Gasteiger partial charge in [-0.3, -0.25) is 14.4 Å². The molecule has 0 aliphatic carbocycles. The van der Waals surface area contributed by atoms with Crippen molar-refractivity contribution < 1.29 is 23.9 Å². The molecule has 0 radical (unpaired) electrons. The fourth-order valence-corrected chi connectivity index (χ4v) is 2.78. The van der Waals surface area contributed by atoms with Crippen molar-refractivity contribution in [3.63, 3.8) is 0 Å². The molecule has 2 amide bonds. The number of hydrogen-bond acceptors (Lipinski definition) is 4. The fourth-order valence-electron chi connectivity index (χ4n) is 2.78. The Balaban J connectivity index is 2.15. The molecule has 144 valence electrons. The van der Waals surface area contributed by atoms with Crippen LogP contribution in [0.25, 0.3) is 0 Å². The molecule has 7 nitrogen and oxygen atoms in total. The lowest BCUT2D eigenvalue weighted by atomic mass is 9.97. The van der Waals surface area contributed by atoms with Crippen LogP contribution in [0.3, 0.4) is 0 Å². The molecule has 2 N–H and O–H groups in total. The second-order valence-corrected chi connectivity index (χ2v) is 6.73.